The Bertz CT molecular complexity index is 949. The van der Waals surface area contributed by atoms with Crippen molar-refractivity contribution in [1.82, 2.24) is 25.0 Å². The van der Waals surface area contributed by atoms with E-state index in [0.29, 0.717) is 24.5 Å². The third-order valence-electron chi connectivity index (χ3n) is 5.57. The number of H-pyrrole nitrogens is 1. The number of hydrogen-bond donors (Lipinski definition) is 1. The molecule has 1 aliphatic heterocycles. The van der Waals surface area contributed by atoms with Gasteiger partial charge in [0, 0.05) is 30.6 Å². The number of amides is 1. The number of benzene rings is 2. The van der Waals surface area contributed by atoms with Crippen LogP contribution in [0.5, 0.6) is 0 Å². The molecule has 1 saturated heterocycles. The lowest BCUT2D eigenvalue weighted by atomic mass is 9.93. The van der Waals surface area contributed by atoms with Gasteiger partial charge in [-0.1, -0.05) is 48.0 Å². The molecule has 28 heavy (non-hydrogen) atoms. The second kappa shape index (κ2) is 7.56. The molecule has 4 rings (SSSR count). The van der Waals surface area contributed by atoms with Crippen LogP contribution in [-0.4, -0.2) is 64.1 Å². The highest BCUT2D eigenvalue weighted by Crippen LogP contribution is 2.32. The molecule has 1 amide bonds. The van der Waals surface area contributed by atoms with Gasteiger partial charge in [0.1, 0.15) is 6.33 Å². The number of carbonyl (C=O) groups is 1. The summed E-state index contributed by atoms with van der Waals surface area (Å²) in [6.45, 7) is 3.50. The minimum atomic E-state index is 0.0356. The van der Waals surface area contributed by atoms with Gasteiger partial charge in [-0.25, -0.2) is 4.98 Å². The van der Waals surface area contributed by atoms with Crippen molar-refractivity contribution in [2.45, 2.75) is 18.9 Å². The topological polar surface area (TPSA) is 65.1 Å². The fourth-order valence-electron chi connectivity index (χ4n) is 4.00. The first-order valence-electron chi connectivity index (χ1n) is 9.51. The third-order valence-corrected chi connectivity index (χ3v) is 5.57. The molecular weight excluding hydrogens is 350 g/mol. The van der Waals surface area contributed by atoms with E-state index in [1.807, 2.05) is 29.2 Å². The van der Waals surface area contributed by atoms with Crippen LogP contribution in [0.2, 0.25) is 0 Å². The average molecular weight is 375 g/mol. The maximum atomic E-state index is 13.4. The SMILES string of the molecule is Cc1ccc([C@@H]2CN(C(=O)c3ccccc3-c3ncn[nH]3)C[C@H]2N(C)C)cc1. The van der Waals surface area contributed by atoms with Crippen LogP contribution in [0.15, 0.2) is 54.9 Å². The fraction of sp³-hybridized carbons (Fsp3) is 0.318. The summed E-state index contributed by atoms with van der Waals surface area (Å²) in [6.07, 6.45) is 1.46. The van der Waals surface area contributed by atoms with Gasteiger partial charge < -0.3 is 9.80 Å². The summed E-state index contributed by atoms with van der Waals surface area (Å²) in [5.41, 5.74) is 3.96. The van der Waals surface area contributed by atoms with E-state index in [4.69, 9.17) is 0 Å². The van der Waals surface area contributed by atoms with Crippen LogP contribution < -0.4 is 0 Å². The standard InChI is InChI=1S/C22H25N5O/c1-15-8-10-16(11-9-15)19-12-27(13-20(19)26(2)3)22(28)18-7-5-4-6-17(18)21-23-14-24-25-21/h4-11,14,19-20H,12-13H2,1-3H3,(H,23,24,25)/t19-,20+/m0/s1. The fourth-order valence-corrected chi connectivity index (χ4v) is 4.00. The summed E-state index contributed by atoms with van der Waals surface area (Å²) < 4.78 is 0. The number of nitrogens with one attached hydrogen (secondary N) is 1. The molecule has 0 bridgehead atoms. The van der Waals surface area contributed by atoms with Gasteiger partial charge in [0.25, 0.3) is 5.91 Å². The first kappa shape index (κ1) is 18.4. The van der Waals surface area contributed by atoms with Crippen molar-refractivity contribution in [2.24, 2.45) is 0 Å². The molecule has 3 aromatic rings. The summed E-state index contributed by atoms with van der Waals surface area (Å²) in [7, 11) is 4.17. The molecule has 1 aliphatic rings. The number of aromatic amines is 1. The first-order valence-corrected chi connectivity index (χ1v) is 9.51. The second-order valence-corrected chi connectivity index (χ2v) is 7.64. The molecule has 1 N–H and O–H groups in total. The number of hydrogen-bond acceptors (Lipinski definition) is 4. The molecule has 144 valence electrons. The number of rotatable bonds is 4. The number of likely N-dealkylation sites (tertiary alicyclic amines) is 1. The van der Waals surface area contributed by atoms with Gasteiger partial charge >= 0.3 is 0 Å². The molecular formula is C22H25N5O. The predicted molar refractivity (Wildman–Crippen MR) is 109 cm³/mol. The number of aryl methyl sites for hydroxylation is 1. The molecule has 2 heterocycles. The van der Waals surface area contributed by atoms with Gasteiger partial charge in [-0.3, -0.25) is 9.89 Å². The van der Waals surface area contributed by atoms with Crippen LogP contribution in [-0.2, 0) is 0 Å². The van der Waals surface area contributed by atoms with Crippen LogP contribution in [0, 0.1) is 6.92 Å². The molecule has 6 nitrogen and oxygen atoms in total. The first-order chi connectivity index (χ1) is 13.5. The normalized spacial score (nSPS) is 19.4. The molecule has 0 radical (unpaired) electrons. The van der Waals surface area contributed by atoms with Crippen molar-refractivity contribution in [1.29, 1.82) is 0 Å². The maximum absolute atomic E-state index is 13.4. The van der Waals surface area contributed by atoms with E-state index >= 15 is 0 Å². The van der Waals surface area contributed by atoms with E-state index in [1.54, 1.807) is 0 Å². The van der Waals surface area contributed by atoms with E-state index < -0.39 is 0 Å². The zero-order valence-corrected chi connectivity index (χ0v) is 16.5. The highest BCUT2D eigenvalue weighted by atomic mass is 16.2. The molecule has 0 spiro atoms. The molecule has 0 saturated carbocycles. The Hall–Kier alpha value is -2.99. The Labute approximate surface area is 165 Å². The molecule has 0 unspecified atom stereocenters. The van der Waals surface area contributed by atoms with Crippen molar-refractivity contribution in [3.8, 4) is 11.4 Å². The van der Waals surface area contributed by atoms with E-state index in [1.165, 1.54) is 17.5 Å². The monoisotopic (exact) mass is 375 g/mol. The molecule has 1 fully saturated rings. The lowest BCUT2D eigenvalue weighted by Crippen LogP contribution is -2.36. The van der Waals surface area contributed by atoms with E-state index in [9.17, 15) is 4.79 Å². The molecule has 1 aromatic heterocycles. The van der Waals surface area contributed by atoms with Crippen LogP contribution in [0.25, 0.3) is 11.4 Å². The van der Waals surface area contributed by atoms with Crippen molar-refractivity contribution in [2.75, 3.05) is 27.2 Å². The van der Waals surface area contributed by atoms with Crippen LogP contribution in [0.3, 0.4) is 0 Å². The molecule has 2 aromatic carbocycles. The van der Waals surface area contributed by atoms with Crippen LogP contribution in [0.4, 0.5) is 0 Å². The predicted octanol–water partition coefficient (Wildman–Crippen LogP) is 2.95. The third kappa shape index (κ3) is 3.43. The highest BCUT2D eigenvalue weighted by molar-refractivity contribution is 6.00. The van der Waals surface area contributed by atoms with Crippen LogP contribution >= 0.6 is 0 Å². The summed E-state index contributed by atoms with van der Waals surface area (Å²) in [5.74, 6) is 0.938. The second-order valence-electron chi connectivity index (χ2n) is 7.64. The zero-order chi connectivity index (χ0) is 19.7. The van der Waals surface area contributed by atoms with Gasteiger partial charge in [0.2, 0.25) is 0 Å². The Morgan fingerprint density at radius 2 is 1.86 bits per heavy atom. The minimum absolute atomic E-state index is 0.0356. The number of carbonyl (C=O) groups excluding carboxylic acids is 1. The minimum Gasteiger partial charge on any atom is -0.336 e. The van der Waals surface area contributed by atoms with Crippen molar-refractivity contribution < 1.29 is 4.79 Å². The van der Waals surface area contributed by atoms with Crippen LogP contribution in [0.1, 0.15) is 27.4 Å². The lowest BCUT2D eigenvalue weighted by Gasteiger charge is -2.25. The largest absolute Gasteiger partial charge is 0.336 e. The van der Waals surface area contributed by atoms with Crippen molar-refractivity contribution >= 4 is 5.91 Å². The highest BCUT2D eigenvalue weighted by Gasteiger charge is 2.38. The Morgan fingerprint density at radius 3 is 2.54 bits per heavy atom. The van der Waals surface area contributed by atoms with Crippen molar-refractivity contribution in [3.05, 3.63) is 71.5 Å². The average Bonchev–Trinajstić information content (AvgIpc) is 3.38. The smallest absolute Gasteiger partial charge is 0.254 e. The van der Waals surface area contributed by atoms with Gasteiger partial charge in [-0.15, -0.1) is 0 Å². The lowest BCUT2D eigenvalue weighted by molar-refractivity contribution is 0.0783. The van der Waals surface area contributed by atoms with Gasteiger partial charge in [0.05, 0.1) is 5.56 Å². The van der Waals surface area contributed by atoms with Gasteiger partial charge in [-0.05, 0) is 32.6 Å². The number of aromatic nitrogens is 3. The summed E-state index contributed by atoms with van der Waals surface area (Å²) in [5, 5.41) is 6.79. The van der Waals surface area contributed by atoms with E-state index in [0.717, 1.165) is 5.56 Å². The quantitative estimate of drug-likeness (QED) is 0.761. The van der Waals surface area contributed by atoms with E-state index in [2.05, 4.69) is 65.4 Å². The molecule has 0 aliphatic carbocycles. The Morgan fingerprint density at radius 1 is 1.11 bits per heavy atom. The van der Waals surface area contributed by atoms with Gasteiger partial charge in [-0.2, -0.15) is 5.10 Å². The summed E-state index contributed by atoms with van der Waals surface area (Å²) in [4.78, 5) is 21.8. The zero-order valence-electron chi connectivity index (χ0n) is 16.5. The Kier molecular flexibility index (Phi) is 4.96. The Balaban J connectivity index is 1.64. The summed E-state index contributed by atoms with van der Waals surface area (Å²) in [6, 6.07) is 16.5. The maximum Gasteiger partial charge on any atom is 0.254 e. The number of likely N-dealkylation sites (N-methyl/N-ethyl adjacent to an activating group) is 1. The van der Waals surface area contributed by atoms with Gasteiger partial charge in [0.15, 0.2) is 5.82 Å². The molecule has 2 atom stereocenters. The summed E-state index contributed by atoms with van der Waals surface area (Å²) >= 11 is 0. The number of nitrogens with zero attached hydrogens (tertiary/aromatic N) is 4. The molecule has 6 heteroatoms. The van der Waals surface area contributed by atoms with Crippen molar-refractivity contribution in [3.63, 3.8) is 0 Å². The van der Waals surface area contributed by atoms with E-state index in [-0.39, 0.29) is 17.9 Å².